The number of oxazole rings is 1. The Morgan fingerprint density at radius 3 is 2.92 bits per heavy atom. The molecule has 0 aliphatic heterocycles. The van der Waals surface area contributed by atoms with E-state index in [1.54, 1.807) is 0 Å². The molecule has 0 unspecified atom stereocenters. The first-order valence-corrected chi connectivity index (χ1v) is 3.47. The number of benzene rings is 1. The van der Waals surface area contributed by atoms with Gasteiger partial charge in [0.05, 0.1) is 0 Å². The Kier molecular flexibility index (Phi) is 1.51. The van der Waals surface area contributed by atoms with Crippen LogP contribution in [-0.2, 0) is 0 Å². The van der Waals surface area contributed by atoms with E-state index in [4.69, 9.17) is 5.11 Å². The maximum Gasteiger partial charge on any atom is 0.392 e. The fourth-order valence-electron chi connectivity index (χ4n) is 1.01. The number of carbonyl (C=O) groups is 1. The second kappa shape index (κ2) is 2.55. The van der Waals surface area contributed by atoms with Crippen molar-refractivity contribution < 1.29 is 18.7 Å². The topological polar surface area (TPSA) is 63.3 Å². The van der Waals surface area contributed by atoms with Crippen molar-refractivity contribution in [3.8, 4) is 0 Å². The van der Waals surface area contributed by atoms with Gasteiger partial charge in [-0.25, -0.2) is 14.2 Å². The fraction of sp³-hybridized carbons (Fsp3) is 0. The van der Waals surface area contributed by atoms with E-state index in [1.165, 1.54) is 18.2 Å². The molecule has 0 spiro atoms. The molecule has 0 radical (unpaired) electrons. The van der Waals surface area contributed by atoms with Crippen LogP contribution in [0.3, 0.4) is 0 Å². The van der Waals surface area contributed by atoms with Crippen molar-refractivity contribution >= 4 is 17.1 Å². The first-order chi connectivity index (χ1) is 6.18. The van der Waals surface area contributed by atoms with Gasteiger partial charge in [-0.15, -0.1) is 0 Å². The standard InChI is InChI=1S/C8H4FNO3/c9-4-2-1-3-5-6(4)13-7(10-5)8(11)12/h1-3H,(H,11,12). The Morgan fingerprint density at radius 2 is 2.31 bits per heavy atom. The molecular weight excluding hydrogens is 177 g/mol. The van der Waals surface area contributed by atoms with E-state index >= 15 is 0 Å². The van der Waals surface area contributed by atoms with E-state index in [1.807, 2.05) is 0 Å². The Labute approximate surface area is 71.6 Å². The van der Waals surface area contributed by atoms with Crippen molar-refractivity contribution in [3.05, 3.63) is 29.9 Å². The second-order valence-corrected chi connectivity index (χ2v) is 2.41. The summed E-state index contributed by atoms with van der Waals surface area (Å²) in [7, 11) is 0. The van der Waals surface area contributed by atoms with Crippen molar-refractivity contribution in [2.45, 2.75) is 0 Å². The largest absolute Gasteiger partial charge is 0.474 e. The Balaban J connectivity index is 2.75. The molecule has 0 aliphatic carbocycles. The van der Waals surface area contributed by atoms with Gasteiger partial charge in [0, 0.05) is 0 Å². The molecule has 0 saturated carbocycles. The van der Waals surface area contributed by atoms with Gasteiger partial charge >= 0.3 is 11.9 Å². The molecule has 0 fully saturated rings. The van der Waals surface area contributed by atoms with Gasteiger partial charge in [0.2, 0.25) is 0 Å². The monoisotopic (exact) mass is 181 g/mol. The molecule has 0 amide bonds. The molecule has 1 heterocycles. The minimum Gasteiger partial charge on any atom is -0.474 e. The van der Waals surface area contributed by atoms with E-state index in [9.17, 15) is 9.18 Å². The van der Waals surface area contributed by atoms with Gasteiger partial charge in [-0.2, -0.15) is 0 Å². The molecule has 2 aromatic rings. The lowest BCUT2D eigenvalue weighted by Crippen LogP contribution is -1.94. The van der Waals surface area contributed by atoms with Crippen LogP contribution in [0.2, 0.25) is 0 Å². The summed E-state index contributed by atoms with van der Waals surface area (Å²) in [4.78, 5) is 14.0. The van der Waals surface area contributed by atoms with Gasteiger partial charge in [0.15, 0.2) is 11.4 Å². The number of hydrogen-bond acceptors (Lipinski definition) is 3. The van der Waals surface area contributed by atoms with Gasteiger partial charge < -0.3 is 9.52 Å². The van der Waals surface area contributed by atoms with Gasteiger partial charge in [-0.1, -0.05) is 6.07 Å². The molecule has 1 aromatic carbocycles. The number of halogens is 1. The second-order valence-electron chi connectivity index (χ2n) is 2.41. The predicted octanol–water partition coefficient (Wildman–Crippen LogP) is 1.67. The van der Waals surface area contributed by atoms with Crippen LogP contribution in [0.1, 0.15) is 10.7 Å². The van der Waals surface area contributed by atoms with Crippen LogP contribution in [-0.4, -0.2) is 16.1 Å². The number of carboxylic acids is 1. The summed E-state index contributed by atoms with van der Waals surface area (Å²) in [6, 6.07) is 4.10. The Bertz CT molecular complexity index is 477. The Hall–Kier alpha value is -1.91. The highest BCUT2D eigenvalue weighted by atomic mass is 19.1. The summed E-state index contributed by atoms with van der Waals surface area (Å²) in [5, 5.41) is 8.50. The number of fused-ring (bicyclic) bond motifs is 1. The molecule has 1 N–H and O–H groups in total. The van der Waals surface area contributed by atoms with Crippen molar-refractivity contribution in [3.63, 3.8) is 0 Å². The van der Waals surface area contributed by atoms with E-state index in [0.717, 1.165) is 0 Å². The number of aromatic nitrogens is 1. The maximum atomic E-state index is 12.9. The summed E-state index contributed by atoms with van der Waals surface area (Å²) in [6.07, 6.45) is 0. The molecule has 13 heavy (non-hydrogen) atoms. The maximum absolute atomic E-state index is 12.9. The average molecular weight is 181 g/mol. The quantitative estimate of drug-likeness (QED) is 0.726. The molecule has 0 saturated heterocycles. The third-order valence-electron chi connectivity index (χ3n) is 1.55. The summed E-state index contributed by atoms with van der Waals surface area (Å²) < 4.78 is 17.6. The summed E-state index contributed by atoms with van der Waals surface area (Å²) in [5.41, 5.74) is 0.0808. The number of hydrogen-bond donors (Lipinski definition) is 1. The van der Waals surface area contributed by atoms with Crippen LogP contribution in [0, 0.1) is 5.82 Å². The highest BCUT2D eigenvalue weighted by Crippen LogP contribution is 2.18. The van der Waals surface area contributed by atoms with Crippen molar-refractivity contribution in [1.82, 2.24) is 4.98 Å². The number of para-hydroxylation sites is 1. The molecule has 1 aromatic heterocycles. The predicted molar refractivity (Wildman–Crippen MR) is 40.9 cm³/mol. The molecule has 66 valence electrons. The lowest BCUT2D eigenvalue weighted by atomic mass is 10.3. The van der Waals surface area contributed by atoms with Gasteiger partial charge in [-0.3, -0.25) is 0 Å². The van der Waals surface area contributed by atoms with Crippen molar-refractivity contribution in [2.75, 3.05) is 0 Å². The zero-order valence-electron chi connectivity index (χ0n) is 6.32. The minimum atomic E-state index is -1.31. The van der Waals surface area contributed by atoms with Crippen LogP contribution in [0.15, 0.2) is 22.6 Å². The smallest absolute Gasteiger partial charge is 0.392 e. The number of carboxylic acid groups (broad SMARTS) is 1. The molecular formula is C8H4FNO3. The summed E-state index contributed by atoms with van der Waals surface area (Å²) >= 11 is 0. The minimum absolute atomic E-state index is 0.125. The van der Waals surface area contributed by atoms with Crippen molar-refractivity contribution in [2.24, 2.45) is 0 Å². The lowest BCUT2D eigenvalue weighted by Gasteiger charge is -1.85. The van der Waals surface area contributed by atoms with Crippen LogP contribution in [0.25, 0.3) is 11.1 Å². The zero-order chi connectivity index (χ0) is 9.42. The van der Waals surface area contributed by atoms with Crippen LogP contribution < -0.4 is 0 Å². The average Bonchev–Trinajstić information content (AvgIpc) is 2.49. The SMILES string of the molecule is O=C(O)c1nc2cccc(F)c2o1. The normalized spacial score (nSPS) is 10.5. The van der Waals surface area contributed by atoms with Gasteiger partial charge in [-0.05, 0) is 12.1 Å². The lowest BCUT2D eigenvalue weighted by molar-refractivity contribution is 0.0656. The summed E-state index contributed by atoms with van der Waals surface area (Å²) in [5.74, 6) is -2.42. The molecule has 0 atom stereocenters. The van der Waals surface area contributed by atoms with Crippen molar-refractivity contribution in [1.29, 1.82) is 0 Å². The van der Waals surface area contributed by atoms with E-state index in [2.05, 4.69) is 9.40 Å². The first kappa shape index (κ1) is 7.72. The van der Waals surface area contributed by atoms with E-state index in [0.29, 0.717) is 0 Å². The molecule has 0 aliphatic rings. The number of aromatic carboxylic acids is 1. The van der Waals surface area contributed by atoms with Crippen LogP contribution in [0.4, 0.5) is 4.39 Å². The fourth-order valence-corrected chi connectivity index (χ4v) is 1.01. The molecule has 4 nitrogen and oxygen atoms in total. The highest BCUT2D eigenvalue weighted by molar-refractivity contribution is 5.86. The summed E-state index contributed by atoms with van der Waals surface area (Å²) in [6.45, 7) is 0. The first-order valence-electron chi connectivity index (χ1n) is 3.47. The third kappa shape index (κ3) is 1.14. The molecule has 0 bridgehead atoms. The van der Waals surface area contributed by atoms with Gasteiger partial charge in [0.1, 0.15) is 5.52 Å². The molecule has 5 heteroatoms. The number of nitrogens with zero attached hydrogens (tertiary/aromatic N) is 1. The van der Waals surface area contributed by atoms with Gasteiger partial charge in [0.25, 0.3) is 0 Å². The van der Waals surface area contributed by atoms with E-state index < -0.39 is 17.7 Å². The Morgan fingerprint density at radius 1 is 1.54 bits per heavy atom. The highest BCUT2D eigenvalue weighted by Gasteiger charge is 2.14. The molecule has 2 rings (SSSR count). The zero-order valence-corrected chi connectivity index (χ0v) is 6.32. The number of rotatable bonds is 1. The van der Waals surface area contributed by atoms with Crippen LogP contribution >= 0.6 is 0 Å². The van der Waals surface area contributed by atoms with E-state index in [-0.39, 0.29) is 11.1 Å². The third-order valence-corrected chi connectivity index (χ3v) is 1.55. The van der Waals surface area contributed by atoms with Crippen LogP contribution in [0.5, 0.6) is 0 Å².